The van der Waals surface area contributed by atoms with Gasteiger partial charge in [-0.2, -0.15) is 15.1 Å². The standard InChI is InChI=1S/C33H37F2N7O5/c1-19-11-24-22(14-37-40-24)25-21(19)5-3-9-45-31(43)47-32(2)16-41(8-10-44-17-32)29-23-13-36-28(25)26(35)27(23)38-30(39-29)46-18-33-6-4-7-42(33)15-20(34)12-33/h11,13-14,20H,3-10,12,15-18H2,1-2H3,(H,37,40)/t20-,32?,33+/m1/s1. The Kier molecular flexibility index (Phi) is 7.39. The van der Waals surface area contributed by atoms with Gasteiger partial charge in [0.15, 0.2) is 11.4 Å². The normalized spacial score (nSPS) is 26.8. The fourth-order valence-electron chi connectivity index (χ4n) is 7.88. The van der Waals surface area contributed by atoms with E-state index >= 15 is 4.39 Å². The van der Waals surface area contributed by atoms with Crippen LogP contribution in [0.2, 0.25) is 0 Å². The molecule has 0 aliphatic carbocycles. The van der Waals surface area contributed by atoms with Gasteiger partial charge in [-0.3, -0.25) is 15.0 Å². The minimum Gasteiger partial charge on any atom is -0.461 e. The second-order valence-corrected chi connectivity index (χ2v) is 13.5. The third-order valence-electron chi connectivity index (χ3n) is 10.0. The van der Waals surface area contributed by atoms with Gasteiger partial charge in [-0.05, 0) is 63.3 Å². The van der Waals surface area contributed by atoms with E-state index in [0.717, 1.165) is 36.0 Å². The molecule has 3 aromatic heterocycles. The van der Waals surface area contributed by atoms with Crippen molar-refractivity contribution in [2.45, 2.75) is 63.3 Å². The van der Waals surface area contributed by atoms with E-state index in [9.17, 15) is 9.18 Å². The highest BCUT2D eigenvalue weighted by Gasteiger charge is 2.49. The van der Waals surface area contributed by atoms with E-state index in [1.54, 1.807) is 19.3 Å². The number of hydrogen-bond donors (Lipinski definition) is 1. The number of halogens is 2. The average Bonchev–Trinajstić information content (AvgIpc) is 3.69. The summed E-state index contributed by atoms with van der Waals surface area (Å²) in [7, 11) is 0. The van der Waals surface area contributed by atoms with Crippen molar-refractivity contribution in [1.29, 1.82) is 0 Å². The molecule has 47 heavy (non-hydrogen) atoms. The van der Waals surface area contributed by atoms with Crippen molar-refractivity contribution in [3.8, 4) is 17.3 Å². The predicted octanol–water partition coefficient (Wildman–Crippen LogP) is 4.67. The number of pyridine rings is 1. The Labute approximate surface area is 269 Å². The molecule has 6 bridgehead atoms. The summed E-state index contributed by atoms with van der Waals surface area (Å²) in [5, 5.41) is 8.31. The summed E-state index contributed by atoms with van der Waals surface area (Å²) < 4.78 is 55.1. The fourth-order valence-corrected chi connectivity index (χ4v) is 7.88. The van der Waals surface area contributed by atoms with Gasteiger partial charge in [0.1, 0.15) is 29.8 Å². The van der Waals surface area contributed by atoms with Crippen LogP contribution in [0, 0.1) is 12.7 Å². The van der Waals surface area contributed by atoms with Crippen LogP contribution in [0.1, 0.15) is 43.7 Å². The number of carbonyl (C=O) groups excluding carboxylic acids is 1. The quantitative estimate of drug-likeness (QED) is 0.311. The number of H-pyrrole nitrogens is 1. The molecule has 9 rings (SSSR count). The van der Waals surface area contributed by atoms with Crippen LogP contribution in [0.3, 0.4) is 0 Å². The molecular weight excluding hydrogens is 612 g/mol. The lowest BCUT2D eigenvalue weighted by atomic mass is 9.92. The zero-order chi connectivity index (χ0) is 32.3. The Hall–Kier alpha value is -4.17. The van der Waals surface area contributed by atoms with E-state index in [-0.39, 0.29) is 43.6 Å². The number of rotatable bonds is 3. The highest BCUT2D eigenvalue weighted by atomic mass is 19.1. The fraction of sp³-hybridized carbons (Fsp3) is 0.545. The van der Waals surface area contributed by atoms with Crippen molar-refractivity contribution < 1.29 is 32.5 Å². The third kappa shape index (κ3) is 5.31. The molecule has 4 aromatic rings. The van der Waals surface area contributed by atoms with Gasteiger partial charge in [0.05, 0.1) is 49.0 Å². The molecule has 5 aliphatic heterocycles. The van der Waals surface area contributed by atoms with Crippen molar-refractivity contribution in [1.82, 2.24) is 30.0 Å². The number of hydrogen-bond acceptors (Lipinski definition) is 11. The largest absolute Gasteiger partial charge is 0.508 e. The smallest absolute Gasteiger partial charge is 0.461 e. The lowest BCUT2D eigenvalue weighted by Gasteiger charge is -2.33. The molecule has 1 unspecified atom stereocenters. The van der Waals surface area contributed by atoms with Gasteiger partial charge in [0.2, 0.25) is 0 Å². The molecule has 12 nitrogen and oxygen atoms in total. The van der Waals surface area contributed by atoms with Gasteiger partial charge in [0.25, 0.3) is 0 Å². The molecule has 3 saturated heterocycles. The molecule has 3 fully saturated rings. The van der Waals surface area contributed by atoms with E-state index in [1.165, 1.54) is 0 Å². The number of alkyl halides is 1. The Balaban J connectivity index is 1.31. The van der Waals surface area contributed by atoms with Crippen molar-refractivity contribution in [3.05, 3.63) is 35.4 Å². The highest BCUT2D eigenvalue weighted by molar-refractivity contribution is 5.99. The summed E-state index contributed by atoms with van der Waals surface area (Å²) in [6, 6.07) is 1.95. The van der Waals surface area contributed by atoms with Crippen LogP contribution in [-0.2, 0) is 20.6 Å². The maximum absolute atomic E-state index is 17.1. The average molecular weight is 650 g/mol. The molecular formula is C33H37F2N7O5. The first-order valence-corrected chi connectivity index (χ1v) is 16.2. The van der Waals surface area contributed by atoms with Gasteiger partial charge in [0, 0.05) is 36.7 Å². The summed E-state index contributed by atoms with van der Waals surface area (Å²) in [5.74, 6) is -0.239. The topological polar surface area (TPSA) is 128 Å². The summed E-state index contributed by atoms with van der Waals surface area (Å²) in [4.78, 5) is 31.1. The molecule has 14 heteroatoms. The summed E-state index contributed by atoms with van der Waals surface area (Å²) in [6.45, 7) is 6.23. The highest BCUT2D eigenvalue weighted by Crippen LogP contribution is 2.42. The molecule has 3 atom stereocenters. The first-order valence-electron chi connectivity index (χ1n) is 16.2. The van der Waals surface area contributed by atoms with Gasteiger partial charge < -0.3 is 23.8 Å². The molecule has 0 spiro atoms. The molecule has 1 N–H and O–H groups in total. The minimum absolute atomic E-state index is 0.0154. The van der Waals surface area contributed by atoms with Crippen molar-refractivity contribution in [2.24, 2.45) is 0 Å². The Morgan fingerprint density at radius 1 is 1.17 bits per heavy atom. The monoisotopic (exact) mass is 649 g/mol. The number of aromatic amines is 1. The second kappa shape index (κ2) is 11.5. The van der Waals surface area contributed by atoms with Gasteiger partial charge in [-0.1, -0.05) is 0 Å². The third-order valence-corrected chi connectivity index (χ3v) is 10.0. The van der Waals surface area contributed by atoms with Crippen LogP contribution >= 0.6 is 0 Å². The van der Waals surface area contributed by atoms with Crippen molar-refractivity contribution in [3.63, 3.8) is 0 Å². The first kappa shape index (κ1) is 30.2. The number of nitrogens with zero attached hydrogens (tertiary/aromatic N) is 6. The summed E-state index contributed by atoms with van der Waals surface area (Å²) in [5.41, 5.74) is 1.77. The number of carbonyl (C=O) groups is 1. The molecule has 0 amide bonds. The molecule has 5 aliphatic rings. The minimum atomic E-state index is -1.09. The van der Waals surface area contributed by atoms with E-state index in [2.05, 4.69) is 20.1 Å². The Morgan fingerprint density at radius 3 is 2.96 bits per heavy atom. The zero-order valence-corrected chi connectivity index (χ0v) is 26.5. The Bertz CT molecular complexity index is 1870. The van der Waals surface area contributed by atoms with E-state index in [1.807, 2.05) is 17.9 Å². The molecule has 0 radical (unpaired) electrons. The van der Waals surface area contributed by atoms with E-state index in [4.69, 9.17) is 28.9 Å². The number of nitrogens with one attached hydrogen (secondary N) is 1. The van der Waals surface area contributed by atoms with Gasteiger partial charge in [-0.25, -0.2) is 13.6 Å². The molecule has 8 heterocycles. The lowest BCUT2D eigenvalue weighted by molar-refractivity contribution is -0.0575. The van der Waals surface area contributed by atoms with Crippen molar-refractivity contribution >= 4 is 33.8 Å². The van der Waals surface area contributed by atoms with Crippen LogP contribution in [0.25, 0.3) is 33.1 Å². The maximum atomic E-state index is 17.1. The number of aromatic nitrogens is 5. The maximum Gasteiger partial charge on any atom is 0.508 e. The van der Waals surface area contributed by atoms with Crippen LogP contribution < -0.4 is 9.64 Å². The number of fused-ring (bicyclic) bond motifs is 8. The number of aryl methyl sites for hydroxylation is 1. The predicted molar refractivity (Wildman–Crippen MR) is 168 cm³/mol. The second-order valence-electron chi connectivity index (χ2n) is 13.5. The SMILES string of the molecule is Cc1cc2[nH]ncc2c2c1CCCOC(=O)OC1(C)COCCN(C1)c1nc(OC[C@@]34CCCN3C[C@H](F)C4)nc3c(F)c-2ncc13. The molecule has 1 aromatic carbocycles. The van der Waals surface area contributed by atoms with E-state index < -0.39 is 29.3 Å². The van der Waals surface area contributed by atoms with Gasteiger partial charge >= 0.3 is 12.2 Å². The molecule has 248 valence electrons. The van der Waals surface area contributed by atoms with Gasteiger partial charge in [-0.15, -0.1) is 0 Å². The Morgan fingerprint density at radius 2 is 2.06 bits per heavy atom. The summed E-state index contributed by atoms with van der Waals surface area (Å²) in [6.07, 6.45) is 4.65. The van der Waals surface area contributed by atoms with Crippen LogP contribution in [0.5, 0.6) is 6.01 Å². The van der Waals surface area contributed by atoms with Crippen LogP contribution in [0.15, 0.2) is 18.5 Å². The number of anilines is 1. The zero-order valence-electron chi connectivity index (χ0n) is 26.5. The van der Waals surface area contributed by atoms with E-state index in [0.29, 0.717) is 61.1 Å². The van der Waals surface area contributed by atoms with Crippen molar-refractivity contribution in [2.75, 3.05) is 57.5 Å². The number of benzene rings is 1. The molecule has 0 saturated carbocycles. The number of ether oxygens (including phenoxy) is 4. The first-order chi connectivity index (χ1) is 22.7. The van der Waals surface area contributed by atoms with Crippen LogP contribution in [0.4, 0.5) is 19.4 Å². The van der Waals surface area contributed by atoms with Crippen LogP contribution in [-0.4, -0.2) is 106 Å². The lowest BCUT2D eigenvalue weighted by Crippen LogP contribution is -2.46. The summed E-state index contributed by atoms with van der Waals surface area (Å²) >= 11 is 0.